The van der Waals surface area contributed by atoms with Gasteiger partial charge < -0.3 is 15.2 Å². The second-order valence-corrected chi connectivity index (χ2v) is 6.00. The molecule has 10 nitrogen and oxygen atoms in total. The molecule has 2 amide bonds. The molecule has 0 saturated carbocycles. The molecule has 150 valence electrons. The molecule has 3 rings (SSSR count). The molecule has 0 aliphatic rings. The van der Waals surface area contributed by atoms with E-state index in [2.05, 4.69) is 42.7 Å². The number of carbonyl (C=O) groups excluding carboxylic acids is 1. The van der Waals surface area contributed by atoms with Crippen LogP contribution in [0, 0.1) is 11.2 Å². The van der Waals surface area contributed by atoms with Crippen molar-refractivity contribution in [3.05, 3.63) is 60.1 Å². The number of hydrogen-bond donors (Lipinski definition) is 5. The summed E-state index contributed by atoms with van der Waals surface area (Å²) in [4.78, 5) is 20.3. The number of halogens is 1. The minimum atomic E-state index is -0.419. The molecule has 29 heavy (non-hydrogen) atoms. The second kappa shape index (κ2) is 8.33. The van der Waals surface area contributed by atoms with Gasteiger partial charge in [-0.15, -0.1) is 0 Å². The molecule has 0 fully saturated rings. The highest BCUT2D eigenvalue weighted by atomic mass is 19.1. The quantitative estimate of drug-likeness (QED) is 0.388. The maximum Gasteiger partial charge on any atom is 0.320 e. The van der Waals surface area contributed by atoms with E-state index in [-0.39, 0.29) is 17.2 Å². The number of H-pyrrole nitrogens is 1. The van der Waals surface area contributed by atoms with Gasteiger partial charge in [-0.2, -0.15) is 5.10 Å². The summed E-state index contributed by atoms with van der Waals surface area (Å²) < 4.78 is 14.9. The van der Waals surface area contributed by atoms with Gasteiger partial charge in [0.05, 0.1) is 5.71 Å². The topological polar surface area (TPSA) is 136 Å². The number of aromatic amines is 1. The molecule has 0 spiro atoms. The van der Waals surface area contributed by atoms with Crippen molar-refractivity contribution in [3.63, 3.8) is 0 Å². The maximum atomic E-state index is 13.3. The van der Waals surface area contributed by atoms with Gasteiger partial charge in [-0.1, -0.05) is 6.58 Å². The van der Waals surface area contributed by atoms with Crippen molar-refractivity contribution < 1.29 is 9.18 Å². The predicted molar refractivity (Wildman–Crippen MR) is 106 cm³/mol. The van der Waals surface area contributed by atoms with Crippen LogP contribution in [0.4, 0.5) is 15.0 Å². The van der Waals surface area contributed by atoms with Crippen molar-refractivity contribution in [2.45, 2.75) is 6.92 Å². The molecule has 0 atom stereocenters. The average Bonchev–Trinajstić information content (AvgIpc) is 3.31. The fourth-order valence-corrected chi connectivity index (χ4v) is 2.61. The number of imidazole rings is 1. The van der Waals surface area contributed by atoms with E-state index < -0.39 is 11.8 Å². The fraction of sp³-hybridized carbons (Fsp3) is 0.167. The number of carbonyl (C=O) groups is 1. The molecule has 0 aliphatic carbocycles. The summed E-state index contributed by atoms with van der Waals surface area (Å²) in [6, 6.07) is 5.11. The van der Waals surface area contributed by atoms with E-state index in [1.807, 2.05) is 0 Å². The number of nitrogens with one attached hydrogen (secondary N) is 5. The SMILES string of the molecule is C=C(NC(=O)NCC)Nc1c(C(=N)c2ccc(F)cc2)nc(-c2ncn[nH]2)n1C. The lowest BCUT2D eigenvalue weighted by Gasteiger charge is -2.14. The number of amides is 2. The van der Waals surface area contributed by atoms with Crippen LogP contribution in [-0.2, 0) is 7.05 Å². The number of nitrogens with zero attached hydrogens (tertiary/aromatic N) is 4. The monoisotopic (exact) mass is 397 g/mol. The minimum absolute atomic E-state index is 0.0553. The van der Waals surface area contributed by atoms with E-state index in [0.29, 0.717) is 29.6 Å². The zero-order chi connectivity index (χ0) is 21.0. The first-order valence-corrected chi connectivity index (χ1v) is 8.68. The van der Waals surface area contributed by atoms with Crippen LogP contribution in [0.15, 0.2) is 43.0 Å². The number of rotatable bonds is 7. The zero-order valence-corrected chi connectivity index (χ0v) is 15.9. The molecule has 2 heterocycles. The fourth-order valence-electron chi connectivity index (χ4n) is 2.61. The molecule has 3 aromatic rings. The Morgan fingerprint density at radius 3 is 2.69 bits per heavy atom. The van der Waals surface area contributed by atoms with Gasteiger partial charge in [0.15, 0.2) is 11.6 Å². The molecule has 11 heteroatoms. The third-order valence-electron chi connectivity index (χ3n) is 3.96. The Morgan fingerprint density at radius 1 is 1.34 bits per heavy atom. The second-order valence-electron chi connectivity index (χ2n) is 6.00. The Kier molecular flexibility index (Phi) is 5.67. The third kappa shape index (κ3) is 4.29. The number of anilines is 1. The van der Waals surface area contributed by atoms with Crippen LogP contribution < -0.4 is 16.0 Å². The van der Waals surface area contributed by atoms with E-state index in [1.54, 1.807) is 18.5 Å². The molecule has 2 aromatic heterocycles. The smallest absolute Gasteiger partial charge is 0.320 e. The van der Waals surface area contributed by atoms with Gasteiger partial charge in [0.1, 0.15) is 29.5 Å². The Bertz CT molecular complexity index is 1040. The van der Waals surface area contributed by atoms with Crippen molar-refractivity contribution >= 4 is 17.6 Å². The molecule has 0 saturated heterocycles. The standard InChI is InChI=1S/C18H20FN9O/c1-4-21-18(29)25-10(2)24-16-14(13(20)11-5-7-12(19)8-6-11)26-17(28(16)3)15-22-9-23-27-15/h5-9,20,24H,2,4H2,1,3H3,(H2,21,25,29)(H,22,23,27). The van der Waals surface area contributed by atoms with Gasteiger partial charge in [-0.25, -0.2) is 19.2 Å². The van der Waals surface area contributed by atoms with Gasteiger partial charge in [-0.05, 0) is 31.2 Å². The lowest BCUT2D eigenvalue weighted by atomic mass is 10.1. The van der Waals surface area contributed by atoms with Crippen LogP contribution in [0.3, 0.4) is 0 Å². The van der Waals surface area contributed by atoms with Crippen molar-refractivity contribution in [1.29, 1.82) is 5.41 Å². The van der Waals surface area contributed by atoms with Crippen LogP contribution in [0.2, 0.25) is 0 Å². The van der Waals surface area contributed by atoms with Crippen LogP contribution in [0.25, 0.3) is 11.6 Å². The van der Waals surface area contributed by atoms with Gasteiger partial charge in [0, 0.05) is 19.2 Å². The molecule has 5 N–H and O–H groups in total. The Labute approximate surface area is 165 Å². The van der Waals surface area contributed by atoms with E-state index in [4.69, 9.17) is 5.41 Å². The number of hydrogen-bond acceptors (Lipinski definition) is 6. The summed E-state index contributed by atoms with van der Waals surface area (Å²) in [6.45, 7) is 6.04. The minimum Gasteiger partial charge on any atom is -0.338 e. The van der Waals surface area contributed by atoms with E-state index in [0.717, 1.165) is 0 Å². The molecule has 0 radical (unpaired) electrons. The van der Waals surface area contributed by atoms with Crippen molar-refractivity contribution in [1.82, 2.24) is 35.4 Å². The highest BCUT2D eigenvalue weighted by Gasteiger charge is 2.22. The Hall–Kier alpha value is -4.02. The van der Waals surface area contributed by atoms with Crippen LogP contribution in [0.5, 0.6) is 0 Å². The molecule has 0 aliphatic heterocycles. The van der Waals surface area contributed by atoms with Crippen LogP contribution in [0.1, 0.15) is 18.2 Å². The molecule has 0 unspecified atom stereocenters. The van der Waals surface area contributed by atoms with Crippen molar-refractivity contribution in [3.8, 4) is 11.6 Å². The highest BCUT2D eigenvalue weighted by Crippen LogP contribution is 2.25. The normalized spacial score (nSPS) is 10.4. The number of urea groups is 1. The first kappa shape index (κ1) is 19.7. The largest absolute Gasteiger partial charge is 0.338 e. The summed E-state index contributed by atoms with van der Waals surface area (Å²) in [6.07, 6.45) is 1.34. The van der Waals surface area contributed by atoms with E-state index in [1.165, 1.54) is 30.6 Å². The zero-order valence-electron chi connectivity index (χ0n) is 15.9. The summed E-state index contributed by atoms with van der Waals surface area (Å²) in [7, 11) is 1.72. The van der Waals surface area contributed by atoms with Crippen molar-refractivity contribution in [2.24, 2.45) is 7.05 Å². The van der Waals surface area contributed by atoms with Crippen LogP contribution >= 0.6 is 0 Å². The first-order chi connectivity index (χ1) is 13.9. The number of aromatic nitrogens is 5. The van der Waals surface area contributed by atoms with Gasteiger partial charge >= 0.3 is 6.03 Å². The van der Waals surface area contributed by atoms with Gasteiger partial charge in [-0.3, -0.25) is 15.8 Å². The van der Waals surface area contributed by atoms with Crippen molar-refractivity contribution in [2.75, 3.05) is 11.9 Å². The Morgan fingerprint density at radius 2 is 2.07 bits per heavy atom. The summed E-state index contributed by atoms with van der Waals surface area (Å²) in [5.41, 5.74) is 0.794. The van der Waals surface area contributed by atoms with E-state index in [9.17, 15) is 9.18 Å². The number of benzene rings is 1. The Balaban J connectivity index is 1.98. The summed E-state index contributed by atoms with van der Waals surface area (Å²) >= 11 is 0. The summed E-state index contributed by atoms with van der Waals surface area (Å²) in [5.74, 6) is 1.00. The molecular formula is C18H20FN9O. The third-order valence-corrected chi connectivity index (χ3v) is 3.96. The summed E-state index contributed by atoms with van der Waals surface area (Å²) in [5, 5.41) is 23.2. The molecule has 1 aromatic carbocycles. The molecule has 0 bridgehead atoms. The predicted octanol–water partition coefficient (Wildman–Crippen LogP) is 1.96. The lowest BCUT2D eigenvalue weighted by molar-refractivity contribution is 0.244. The van der Waals surface area contributed by atoms with Gasteiger partial charge in [0.25, 0.3) is 0 Å². The lowest BCUT2D eigenvalue weighted by Crippen LogP contribution is -2.36. The van der Waals surface area contributed by atoms with Gasteiger partial charge in [0.2, 0.25) is 0 Å². The average molecular weight is 397 g/mol. The van der Waals surface area contributed by atoms with Crippen LogP contribution in [-0.4, -0.2) is 43.0 Å². The highest BCUT2D eigenvalue weighted by molar-refractivity contribution is 6.13. The first-order valence-electron chi connectivity index (χ1n) is 8.68. The van der Waals surface area contributed by atoms with E-state index >= 15 is 0 Å². The maximum absolute atomic E-state index is 13.3. The molecular weight excluding hydrogens is 377 g/mol.